The van der Waals surface area contributed by atoms with Gasteiger partial charge in [-0.25, -0.2) is 9.97 Å². The molecular formula is C21H22ClF3N4O3. The molecule has 0 aromatic carbocycles. The number of hydrogen-bond acceptors (Lipinski definition) is 6. The summed E-state index contributed by atoms with van der Waals surface area (Å²) in [6.07, 6.45) is -0.635. The first-order valence-corrected chi connectivity index (χ1v) is 10.7. The van der Waals surface area contributed by atoms with Crippen molar-refractivity contribution in [3.8, 4) is 5.88 Å². The summed E-state index contributed by atoms with van der Waals surface area (Å²) < 4.78 is 49.3. The fraction of sp³-hybridized carbons (Fsp3) is 0.476. The number of pyridine rings is 2. The van der Waals surface area contributed by atoms with Crippen LogP contribution in [0.2, 0.25) is 5.02 Å². The lowest BCUT2D eigenvalue weighted by molar-refractivity contribution is -0.137. The molecule has 0 spiro atoms. The molecule has 2 saturated heterocycles. The Bertz CT molecular complexity index is 944. The molecule has 0 atom stereocenters. The van der Waals surface area contributed by atoms with Gasteiger partial charge in [0.15, 0.2) is 0 Å². The number of nitrogens with zero attached hydrogens (tertiary/aromatic N) is 4. The molecular weight excluding hydrogens is 449 g/mol. The molecule has 4 rings (SSSR count). The van der Waals surface area contributed by atoms with Crippen molar-refractivity contribution in [2.45, 2.75) is 25.1 Å². The van der Waals surface area contributed by atoms with E-state index in [1.807, 2.05) is 4.90 Å². The number of halogens is 4. The largest absolute Gasteiger partial charge is 0.473 e. The van der Waals surface area contributed by atoms with Crippen molar-refractivity contribution < 1.29 is 27.4 Å². The fourth-order valence-corrected chi connectivity index (χ4v) is 3.85. The monoisotopic (exact) mass is 470 g/mol. The van der Waals surface area contributed by atoms with Crippen LogP contribution in [0.15, 0.2) is 30.6 Å². The van der Waals surface area contributed by atoms with Gasteiger partial charge in [0.25, 0.3) is 5.91 Å². The first kappa shape index (κ1) is 22.6. The topological polar surface area (TPSA) is 67.8 Å². The van der Waals surface area contributed by atoms with Gasteiger partial charge in [0.1, 0.15) is 16.9 Å². The van der Waals surface area contributed by atoms with Crippen molar-refractivity contribution in [2.75, 3.05) is 44.3 Å². The summed E-state index contributed by atoms with van der Waals surface area (Å²) in [6.45, 7) is 2.98. The second-order valence-corrected chi connectivity index (χ2v) is 8.03. The van der Waals surface area contributed by atoms with E-state index in [0.29, 0.717) is 56.7 Å². The minimum Gasteiger partial charge on any atom is -0.473 e. The third-order valence-corrected chi connectivity index (χ3v) is 5.74. The molecule has 2 aromatic heterocycles. The lowest BCUT2D eigenvalue weighted by Gasteiger charge is -2.35. The first-order valence-electron chi connectivity index (χ1n) is 10.3. The molecule has 2 aromatic rings. The van der Waals surface area contributed by atoms with Crippen LogP contribution >= 0.6 is 11.6 Å². The predicted octanol–water partition coefficient (Wildman–Crippen LogP) is 3.67. The lowest BCUT2D eigenvalue weighted by atomic mass is 10.1. The Labute approximate surface area is 188 Å². The Kier molecular flexibility index (Phi) is 6.71. The van der Waals surface area contributed by atoms with Crippen LogP contribution in [-0.2, 0) is 10.9 Å². The average molecular weight is 471 g/mol. The molecule has 0 aliphatic carbocycles. The van der Waals surface area contributed by atoms with Gasteiger partial charge in [0, 0.05) is 51.4 Å². The van der Waals surface area contributed by atoms with Crippen molar-refractivity contribution in [1.82, 2.24) is 14.9 Å². The van der Waals surface area contributed by atoms with Gasteiger partial charge in [-0.05, 0) is 18.2 Å². The molecule has 0 N–H and O–H groups in total. The molecule has 2 fully saturated rings. The van der Waals surface area contributed by atoms with Crippen LogP contribution in [0.25, 0.3) is 0 Å². The molecule has 0 bridgehead atoms. The molecule has 4 heterocycles. The van der Waals surface area contributed by atoms with Gasteiger partial charge in [0.2, 0.25) is 5.88 Å². The molecule has 7 nitrogen and oxygen atoms in total. The Morgan fingerprint density at radius 1 is 1.09 bits per heavy atom. The highest BCUT2D eigenvalue weighted by Gasteiger charge is 2.31. The van der Waals surface area contributed by atoms with E-state index < -0.39 is 11.7 Å². The minimum absolute atomic E-state index is 0.0119. The van der Waals surface area contributed by atoms with Gasteiger partial charge in [-0.15, -0.1) is 0 Å². The summed E-state index contributed by atoms with van der Waals surface area (Å²) in [6, 6.07) is 3.91. The second-order valence-electron chi connectivity index (χ2n) is 7.62. The van der Waals surface area contributed by atoms with E-state index >= 15 is 0 Å². The van der Waals surface area contributed by atoms with Crippen LogP contribution in [0.4, 0.5) is 19.0 Å². The van der Waals surface area contributed by atoms with Crippen LogP contribution in [-0.4, -0.2) is 66.3 Å². The van der Waals surface area contributed by atoms with Crippen LogP contribution in [0.1, 0.15) is 28.8 Å². The van der Waals surface area contributed by atoms with E-state index in [0.717, 1.165) is 25.1 Å². The highest BCUT2D eigenvalue weighted by atomic mass is 35.5. The summed E-state index contributed by atoms with van der Waals surface area (Å²) in [7, 11) is 0. The Hall–Kier alpha value is -2.59. The summed E-state index contributed by atoms with van der Waals surface area (Å²) in [4.78, 5) is 24.5. The van der Waals surface area contributed by atoms with E-state index in [1.54, 1.807) is 11.0 Å². The molecule has 2 aliphatic heterocycles. The van der Waals surface area contributed by atoms with Crippen LogP contribution in [0.5, 0.6) is 5.88 Å². The van der Waals surface area contributed by atoms with E-state index in [4.69, 9.17) is 21.1 Å². The molecule has 11 heteroatoms. The average Bonchev–Trinajstić information content (AvgIpc) is 2.80. The van der Waals surface area contributed by atoms with E-state index in [2.05, 4.69) is 9.97 Å². The SMILES string of the molecule is O=C(c1cnc(OC2CCOCC2)c(Cl)c1)N1CCN(c2ccc(C(F)(F)F)cn2)CC1. The number of carbonyl (C=O) groups excluding carboxylic acids is 1. The quantitative estimate of drug-likeness (QED) is 0.679. The maximum absolute atomic E-state index is 12.9. The first-order chi connectivity index (χ1) is 15.3. The number of piperazine rings is 1. The Morgan fingerprint density at radius 2 is 1.81 bits per heavy atom. The van der Waals surface area contributed by atoms with Gasteiger partial charge in [-0.3, -0.25) is 4.79 Å². The van der Waals surface area contributed by atoms with Crippen molar-refractivity contribution in [3.63, 3.8) is 0 Å². The Morgan fingerprint density at radius 3 is 2.41 bits per heavy atom. The maximum atomic E-state index is 12.9. The maximum Gasteiger partial charge on any atom is 0.417 e. The summed E-state index contributed by atoms with van der Waals surface area (Å²) >= 11 is 6.29. The number of amides is 1. The van der Waals surface area contributed by atoms with Gasteiger partial charge in [0.05, 0.1) is 24.3 Å². The van der Waals surface area contributed by atoms with Crippen molar-refractivity contribution in [1.29, 1.82) is 0 Å². The van der Waals surface area contributed by atoms with Crippen molar-refractivity contribution in [3.05, 3.63) is 46.7 Å². The van der Waals surface area contributed by atoms with Crippen LogP contribution in [0.3, 0.4) is 0 Å². The Balaban J connectivity index is 1.34. The van der Waals surface area contributed by atoms with Crippen LogP contribution < -0.4 is 9.64 Å². The van der Waals surface area contributed by atoms with Crippen molar-refractivity contribution in [2.24, 2.45) is 0 Å². The minimum atomic E-state index is -4.42. The van der Waals surface area contributed by atoms with Gasteiger partial charge in [-0.1, -0.05) is 11.6 Å². The number of hydrogen-bond donors (Lipinski definition) is 0. The fourth-order valence-electron chi connectivity index (χ4n) is 3.64. The number of ether oxygens (including phenoxy) is 2. The molecule has 0 unspecified atom stereocenters. The third-order valence-electron chi connectivity index (χ3n) is 5.47. The molecule has 2 aliphatic rings. The number of rotatable bonds is 4. The highest BCUT2D eigenvalue weighted by Crippen LogP contribution is 2.30. The van der Waals surface area contributed by atoms with Crippen molar-refractivity contribution >= 4 is 23.3 Å². The molecule has 1 amide bonds. The normalized spacial score (nSPS) is 18.0. The van der Waals surface area contributed by atoms with Crippen LogP contribution in [0, 0.1) is 0 Å². The van der Waals surface area contributed by atoms with Gasteiger partial charge < -0.3 is 19.3 Å². The standard InChI is InChI=1S/C21H22ClF3N4O3/c22-17-11-14(12-27-19(17)32-16-3-9-31-10-4-16)20(30)29-7-5-28(6-8-29)18-2-1-15(13-26-18)21(23,24)25/h1-2,11-13,16H,3-10H2. The summed E-state index contributed by atoms with van der Waals surface area (Å²) in [5.74, 6) is 0.537. The van der Waals surface area contributed by atoms with E-state index in [-0.39, 0.29) is 17.0 Å². The molecule has 32 heavy (non-hydrogen) atoms. The zero-order valence-electron chi connectivity index (χ0n) is 17.1. The third kappa shape index (κ3) is 5.24. The summed E-state index contributed by atoms with van der Waals surface area (Å²) in [5.41, 5.74) is -0.431. The number of aromatic nitrogens is 2. The molecule has 0 saturated carbocycles. The second kappa shape index (κ2) is 9.50. The summed E-state index contributed by atoms with van der Waals surface area (Å²) in [5, 5.41) is 0.273. The molecule has 0 radical (unpaired) electrons. The number of anilines is 1. The smallest absolute Gasteiger partial charge is 0.417 e. The van der Waals surface area contributed by atoms with Gasteiger partial charge in [-0.2, -0.15) is 13.2 Å². The zero-order valence-corrected chi connectivity index (χ0v) is 17.9. The van der Waals surface area contributed by atoms with Gasteiger partial charge >= 0.3 is 6.18 Å². The number of alkyl halides is 3. The van der Waals surface area contributed by atoms with E-state index in [1.165, 1.54) is 12.3 Å². The van der Waals surface area contributed by atoms with E-state index in [9.17, 15) is 18.0 Å². The lowest BCUT2D eigenvalue weighted by Crippen LogP contribution is -2.49. The predicted molar refractivity (Wildman–Crippen MR) is 111 cm³/mol. The highest BCUT2D eigenvalue weighted by molar-refractivity contribution is 6.32. The zero-order chi connectivity index (χ0) is 22.7. The molecule has 172 valence electrons. The number of carbonyl (C=O) groups is 1.